The molecule has 3 aromatic heterocycles. The Balaban J connectivity index is 1.57. The lowest BCUT2D eigenvalue weighted by Crippen LogP contribution is -2.27. The Kier molecular flexibility index (Phi) is 5.04. The Labute approximate surface area is 172 Å². The van der Waals surface area contributed by atoms with Crippen LogP contribution in [0.5, 0.6) is 0 Å². The smallest absolute Gasteiger partial charge is 0.233 e. The highest BCUT2D eigenvalue weighted by atomic mass is 32.2. The number of H-pyrrole nitrogens is 1. The number of nitrogens with zero attached hydrogens (tertiary/aromatic N) is 5. The number of nitrogens with one attached hydrogen (secondary N) is 2. The molecule has 2 N–H and O–H groups in total. The zero-order valence-electron chi connectivity index (χ0n) is 16.2. The van der Waals surface area contributed by atoms with Crippen molar-refractivity contribution < 1.29 is 12.8 Å². The van der Waals surface area contributed by atoms with E-state index >= 15 is 0 Å². The minimum absolute atomic E-state index is 0.296. The van der Waals surface area contributed by atoms with E-state index < -0.39 is 10.0 Å². The molecular formula is C19H18FN7O2S. The molecule has 3 heterocycles. The number of aromatic nitrogens is 5. The first-order valence-electron chi connectivity index (χ1n) is 8.91. The van der Waals surface area contributed by atoms with E-state index in [0.717, 1.165) is 10.6 Å². The molecule has 11 heteroatoms. The Morgan fingerprint density at radius 3 is 2.77 bits per heavy atom. The molecule has 154 valence electrons. The highest BCUT2D eigenvalue weighted by Gasteiger charge is 2.17. The summed E-state index contributed by atoms with van der Waals surface area (Å²) in [5, 5.41) is 3.15. The average Bonchev–Trinajstić information content (AvgIpc) is 3.15. The minimum atomic E-state index is -3.44. The van der Waals surface area contributed by atoms with Gasteiger partial charge in [-0.2, -0.15) is 0 Å². The van der Waals surface area contributed by atoms with Crippen LogP contribution in [0.15, 0.2) is 48.8 Å². The zero-order valence-corrected chi connectivity index (χ0v) is 17.0. The Hall–Kier alpha value is -3.60. The van der Waals surface area contributed by atoms with Gasteiger partial charge < -0.3 is 10.3 Å². The molecule has 4 aromatic rings. The van der Waals surface area contributed by atoms with Crippen molar-refractivity contribution in [2.24, 2.45) is 0 Å². The quantitative estimate of drug-likeness (QED) is 0.486. The van der Waals surface area contributed by atoms with Crippen LogP contribution in [-0.2, 0) is 16.6 Å². The first-order valence-corrected chi connectivity index (χ1v) is 10.8. The summed E-state index contributed by atoms with van der Waals surface area (Å²) in [7, 11) is -1.99. The standard InChI is InChI=1S/C19H18FN7O2S/c1-27(30(2,28)29)19-12(4-3-8-22-19)11-23-16-7-9-21-17(26-16)18-24-14-6-5-13(20)10-15(14)25-18/h3-10H,11H2,1-2H3,(H,24,25)(H,21,23,26). The lowest BCUT2D eigenvalue weighted by atomic mass is 10.2. The third-order valence-electron chi connectivity index (χ3n) is 4.43. The molecule has 4 rings (SSSR count). The predicted molar refractivity (Wildman–Crippen MR) is 112 cm³/mol. The molecule has 0 unspecified atom stereocenters. The van der Waals surface area contributed by atoms with Crippen LogP contribution in [0, 0.1) is 5.82 Å². The molecule has 0 atom stereocenters. The van der Waals surface area contributed by atoms with Gasteiger partial charge in [-0.05, 0) is 30.3 Å². The lowest BCUT2D eigenvalue weighted by molar-refractivity contribution is 0.599. The summed E-state index contributed by atoms with van der Waals surface area (Å²) in [6.45, 7) is 0.296. The van der Waals surface area contributed by atoms with E-state index in [0.29, 0.717) is 46.4 Å². The van der Waals surface area contributed by atoms with Gasteiger partial charge in [0.2, 0.25) is 10.0 Å². The summed E-state index contributed by atoms with van der Waals surface area (Å²) in [6.07, 6.45) is 4.23. The summed E-state index contributed by atoms with van der Waals surface area (Å²) in [5.74, 6) is 1.25. The van der Waals surface area contributed by atoms with Crippen molar-refractivity contribution in [1.29, 1.82) is 0 Å². The van der Waals surface area contributed by atoms with E-state index in [1.54, 1.807) is 30.5 Å². The van der Waals surface area contributed by atoms with Crippen LogP contribution in [0.3, 0.4) is 0 Å². The topological polar surface area (TPSA) is 117 Å². The highest BCUT2D eigenvalue weighted by Crippen LogP contribution is 2.21. The van der Waals surface area contributed by atoms with Crippen molar-refractivity contribution in [3.05, 3.63) is 60.2 Å². The molecule has 0 saturated carbocycles. The van der Waals surface area contributed by atoms with Crippen LogP contribution in [0.25, 0.3) is 22.7 Å². The molecule has 0 radical (unpaired) electrons. The van der Waals surface area contributed by atoms with Crippen LogP contribution in [0.2, 0.25) is 0 Å². The number of rotatable bonds is 6. The third-order valence-corrected chi connectivity index (χ3v) is 5.60. The lowest BCUT2D eigenvalue weighted by Gasteiger charge is -2.19. The van der Waals surface area contributed by atoms with Gasteiger partial charge in [0.25, 0.3) is 0 Å². The monoisotopic (exact) mass is 427 g/mol. The summed E-state index contributed by atoms with van der Waals surface area (Å²) >= 11 is 0. The largest absolute Gasteiger partial charge is 0.366 e. The van der Waals surface area contributed by atoms with Gasteiger partial charge in [0.1, 0.15) is 17.5 Å². The maximum atomic E-state index is 13.4. The molecule has 0 aliphatic carbocycles. The molecule has 0 spiro atoms. The van der Waals surface area contributed by atoms with Crippen LogP contribution in [-0.4, -0.2) is 46.6 Å². The van der Waals surface area contributed by atoms with Crippen molar-refractivity contribution in [2.75, 3.05) is 22.9 Å². The maximum absolute atomic E-state index is 13.4. The van der Waals surface area contributed by atoms with Crippen LogP contribution in [0.1, 0.15) is 5.56 Å². The highest BCUT2D eigenvalue weighted by molar-refractivity contribution is 7.92. The van der Waals surface area contributed by atoms with Crippen LogP contribution >= 0.6 is 0 Å². The molecule has 0 fully saturated rings. The van der Waals surface area contributed by atoms with E-state index in [9.17, 15) is 12.8 Å². The summed E-state index contributed by atoms with van der Waals surface area (Å²) in [6, 6.07) is 9.47. The molecular weight excluding hydrogens is 409 g/mol. The predicted octanol–water partition coefficient (Wildman–Crippen LogP) is 2.56. The van der Waals surface area contributed by atoms with Crippen LogP contribution < -0.4 is 9.62 Å². The summed E-state index contributed by atoms with van der Waals surface area (Å²) in [5.41, 5.74) is 1.85. The molecule has 0 amide bonds. The number of benzene rings is 1. The molecule has 0 bridgehead atoms. The summed E-state index contributed by atoms with van der Waals surface area (Å²) in [4.78, 5) is 20.2. The Morgan fingerprint density at radius 1 is 1.13 bits per heavy atom. The van der Waals surface area contributed by atoms with Crippen molar-refractivity contribution >= 4 is 32.7 Å². The first-order chi connectivity index (χ1) is 14.3. The minimum Gasteiger partial charge on any atom is -0.366 e. The zero-order chi connectivity index (χ0) is 21.3. The molecule has 1 aromatic carbocycles. The fourth-order valence-corrected chi connectivity index (χ4v) is 3.33. The number of aromatic amines is 1. The molecule has 0 aliphatic heterocycles. The SMILES string of the molecule is CN(c1ncccc1CNc1ccnc(-c2nc3ccc(F)cc3[nH]2)n1)S(C)(=O)=O. The van der Waals surface area contributed by atoms with Gasteiger partial charge in [-0.25, -0.2) is 32.7 Å². The normalized spacial score (nSPS) is 11.6. The van der Waals surface area contributed by atoms with E-state index in [2.05, 4.69) is 30.2 Å². The van der Waals surface area contributed by atoms with Crippen molar-refractivity contribution in [1.82, 2.24) is 24.9 Å². The number of hydrogen-bond donors (Lipinski definition) is 2. The van der Waals surface area contributed by atoms with E-state index in [-0.39, 0.29) is 5.82 Å². The van der Waals surface area contributed by atoms with Gasteiger partial charge in [-0.15, -0.1) is 0 Å². The second-order valence-corrected chi connectivity index (χ2v) is 8.60. The fourth-order valence-electron chi connectivity index (χ4n) is 2.85. The molecule has 9 nitrogen and oxygen atoms in total. The molecule has 0 aliphatic rings. The first kappa shape index (κ1) is 19.7. The van der Waals surface area contributed by atoms with E-state index in [1.165, 1.54) is 25.4 Å². The third kappa shape index (κ3) is 4.06. The molecule has 0 saturated heterocycles. The van der Waals surface area contributed by atoms with Crippen LogP contribution in [0.4, 0.5) is 16.0 Å². The van der Waals surface area contributed by atoms with Gasteiger partial charge in [0.05, 0.1) is 17.3 Å². The van der Waals surface area contributed by atoms with Gasteiger partial charge in [-0.1, -0.05) is 6.07 Å². The number of pyridine rings is 1. The van der Waals surface area contributed by atoms with Gasteiger partial charge in [0, 0.05) is 31.5 Å². The Bertz CT molecular complexity index is 1320. The molecule has 30 heavy (non-hydrogen) atoms. The number of hydrogen-bond acceptors (Lipinski definition) is 7. The average molecular weight is 427 g/mol. The van der Waals surface area contributed by atoms with Gasteiger partial charge >= 0.3 is 0 Å². The van der Waals surface area contributed by atoms with E-state index in [1.807, 2.05) is 0 Å². The number of anilines is 2. The van der Waals surface area contributed by atoms with Crippen molar-refractivity contribution in [3.8, 4) is 11.6 Å². The number of halogens is 1. The van der Waals surface area contributed by atoms with Crippen molar-refractivity contribution in [2.45, 2.75) is 6.54 Å². The van der Waals surface area contributed by atoms with Gasteiger partial charge in [0.15, 0.2) is 11.6 Å². The fraction of sp³-hybridized carbons (Fsp3) is 0.158. The second kappa shape index (κ2) is 7.67. The Morgan fingerprint density at radius 2 is 1.97 bits per heavy atom. The number of sulfonamides is 1. The number of fused-ring (bicyclic) bond motifs is 1. The second-order valence-electron chi connectivity index (χ2n) is 6.58. The van der Waals surface area contributed by atoms with E-state index in [4.69, 9.17) is 0 Å². The van der Waals surface area contributed by atoms with Crippen molar-refractivity contribution in [3.63, 3.8) is 0 Å². The maximum Gasteiger partial charge on any atom is 0.233 e. The number of imidazole rings is 1. The summed E-state index contributed by atoms with van der Waals surface area (Å²) < 4.78 is 38.3. The van der Waals surface area contributed by atoms with Gasteiger partial charge in [-0.3, -0.25) is 4.31 Å².